The van der Waals surface area contributed by atoms with E-state index in [1.165, 1.54) is 25.7 Å². The van der Waals surface area contributed by atoms with Crippen molar-refractivity contribution in [3.8, 4) is 0 Å². The van der Waals surface area contributed by atoms with E-state index in [-0.39, 0.29) is 0 Å². The van der Waals surface area contributed by atoms with Gasteiger partial charge in [0.15, 0.2) is 0 Å². The van der Waals surface area contributed by atoms with Crippen molar-refractivity contribution in [3.63, 3.8) is 0 Å². The molecule has 3 nitrogen and oxygen atoms in total. The van der Waals surface area contributed by atoms with Gasteiger partial charge in [-0.05, 0) is 58.5 Å². The third-order valence-electron chi connectivity index (χ3n) is 4.48. The Morgan fingerprint density at radius 2 is 2.05 bits per heavy atom. The first-order valence-corrected chi connectivity index (χ1v) is 8.41. The van der Waals surface area contributed by atoms with Gasteiger partial charge >= 0.3 is 0 Å². The van der Waals surface area contributed by atoms with E-state index in [0.29, 0.717) is 23.6 Å². The van der Waals surface area contributed by atoms with Gasteiger partial charge in [-0.25, -0.2) is 0 Å². The molecule has 20 heavy (non-hydrogen) atoms. The lowest BCUT2D eigenvalue weighted by atomic mass is 9.72. The molecular weight excluding hydrogens is 248 g/mol. The molecule has 120 valence electrons. The number of hydrogen-bond acceptors (Lipinski definition) is 3. The molecule has 1 aliphatic rings. The summed E-state index contributed by atoms with van der Waals surface area (Å²) in [5.74, 6) is 0. The fourth-order valence-electron chi connectivity index (χ4n) is 3.18. The summed E-state index contributed by atoms with van der Waals surface area (Å²) in [7, 11) is 2.26. The molecule has 3 heteroatoms. The summed E-state index contributed by atoms with van der Waals surface area (Å²) < 4.78 is 5.71. The molecule has 0 saturated heterocycles. The van der Waals surface area contributed by atoms with Gasteiger partial charge < -0.3 is 10.1 Å². The lowest BCUT2D eigenvalue weighted by molar-refractivity contribution is 0.0308. The second kappa shape index (κ2) is 8.35. The second-order valence-electron chi connectivity index (χ2n) is 7.44. The van der Waals surface area contributed by atoms with Crippen LogP contribution in [0.5, 0.6) is 0 Å². The molecule has 0 bridgehead atoms. The number of hydrogen-bond donors (Lipinski definition) is 1. The van der Waals surface area contributed by atoms with E-state index in [9.17, 15) is 0 Å². The number of nitrogens with one attached hydrogen (secondary N) is 1. The molecular formula is C17H36N2O. The SMILES string of the molecule is CCCNC1CCC(C)(C)CC1N(C)CCOC(C)C. The summed E-state index contributed by atoms with van der Waals surface area (Å²) in [4.78, 5) is 2.51. The van der Waals surface area contributed by atoms with E-state index in [0.717, 1.165) is 19.7 Å². The number of likely N-dealkylation sites (N-methyl/N-ethyl adjacent to an activating group) is 1. The fourth-order valence-corrected chi connectivity index (χ4v) is 3.18. The minimum Gasteiger partial charge on any atom is -0.377 e. The highest BCUT2D eigenvalue weighted by atomic mass is 16.5. The zero-order chi connectivity index (χ0) is 15.2. The molecule has 1 rings (SSSR count). The van der Waals surface area contributed by atoms with Crippen LogP contribution in [0, 0.1) is 5.41 Å². The van der Waals surface area contributed by atoms with Crippen LogP contribution in [0.4, 0.5) is 0 Å². The van der Waals surface area contributed by atoms with Crippen molar-refractivity contribution >= 4 is 0 Å². The predicted octanol–water partition coefficient (Wildman–Crippen LogP) is 3.29. The Morgan fingerprint density at radius 3 is 2.65 bits per heavy atom. The Labute approximate surface area is 126 Å². The number of nitrogens with zero attached hydrogens (tertiary/aromatic N) is 1. The topological polar surface area (TPSA) is 24.5 Å². The van der Waals surface area contributed by atoms with E-state index in [1.54, 1.807) is 0 Å². The molecule has 0 radical (unpaired) electrons. The normalized spacial score (nSPS) is 26.4. The first kappa shape index (κ1) is 17.9. The molecule has 1 saturated carbocycles. The summed E-state index contributed by atoms with van der Waals surface area (Å²) >= 11 is 0. The number of ether oxygens (including phenoxy) is 1. The Kier molecular flexibility index (Phi) is 7.49. The Bertz CT molecular complexity index is 266. The van der Waals surface area contributed by atoms with E-state index >= 15 is 0 Å². The van der Waals surface area contributed by atoms with Crippen molar-refractivity contribution in [2.75, 3.05) is 26.7 Å². The highest BCUT2D eigenvalue weighted by Gasteiger charge is 2.36. The third-order valence-corrected chi connectivity index (χ3v) is 4.48. The Balaban J connectivity index is 2.53. The van der Waals surface area contributed by atoms with Crippen molar-refractivity contribution in [3.05, 3.63) is 0 Å². The standard InChI is InChI=1S/C17H36N2O/c1-7-10-18-15-8-9-17(4,5)13-16(15)19(6)11-12-20-14(2)3/h14-16,18H,7-13H2,1-6H3. The average Bonchev–Trinajstić information content (AvgIpc) is 2.36. The zero-order valence-electron chi connectivity index (χ0n) is 14.5. The highest BCUT2D eigenvalue weighted by Crippen LogP contribution is 2.37. The Morgan fingerprint density at radius 1 is 1.35 bits per heavy atom. The smallest absolute Gasteiger partial charge is 0.0596 e. The molecule has 0 amide bonds. The van der Waals surface area contributed by atoms with Gasteiger partial charge in [0, 0.05) is 18.6 Å². The van der Waals surface area contributed by atoms with Crippen LogP contribution in [0.3, 0.4) is 0 Å². The van der Waals surface area contributed by atoms with Gasteiger partial charge in [-0.15, -0.1) is 0 Å². The minimum atomic E-state index is 0.334. The predicted molar refractivity (Wildman–Crippen MR) is 87.2 cm³/mol. The largest absolute Gasteiger partial charge is 0.377 e. The van der Waals surface area contributed by atoms with Crippen LogP contribution in [-0.4, -0.2) is 49.8 Å². The molecule has 0 aromatic heterocycles. The molecule has 0 aromatic rings. The summed E-state index contributed by atoms with van der Waals surface area (Å²) in [6, 6.07) is 1.29. The van der Waals surface area contributed by atoms with Crippen LogP contribution in [0.25, 0.3) is 0 Å². The van der Waals surface area contributed by atoms with Gasteiger partial charge in [-0.2, -0.15) is 0 Å². The summed E-state index contributed by atoms with van der Waals surface area (Å²) in [5.41, 5.74) is 0.474. The lowest BCUT2D eigenvalue weighted by Gasteiger charge is -2.45. The van der Waals surface area contributed by atoms with Crippen molar-refractivity contribution in [1.29, 1.82) is 0 Å². The molecule has 2 unspecified atom stereocenters. The Hall–Kier alpha value is -0.120. The van der Waals surface area contributed by atoms with Gasteiger partial charge in [0.2, 0.25) is 0 Å². The molecule has 0 heterocycles. The van der Waals surface area contributed by atoms with E-state index in [1.807, 2.05) is 0 Å². The lowest BCUT2D eigenvalue weighted by Crippen LogP contribution is -2.54. The first-order valence-electron chi connectivity index (χ1n) is 8.41. The molecule has 2 atom stereocenters. The van der Waals surface area contributed by atoms with E-state index < -0.39 is 0 Å². The quantitative estimate of drug-likeness (QED) is 0.740. The van der Waals surface area contributed by atoms with Crippen molar-refractivity contribution in [2.45, 2.75) is 78.5 Å². The van der Waals surface area contributed by atoms with Crippen molar-refractivity contribution in [1.82, 2.24) is 10.2 Å². The molecule has 1 fully saturated rings. The van der Waals surface area contributed by atoms with Crippen LogP contribution in [0.15, 0.2) is 0 Å². The molecule has 1 N–H and O–H groups in total. The zero-order valence-corrected chi connectivity index (χ0v) is 14.5. The monoisotopic (exact) mass is 284 g/mol. The first-order chi connectivity index (χ1) is 9.35. The summed E-state index contributed by atoms with van der Waals surface area (Å²) in [6.45, 7) is 14.3. The van der Waals surface area contributed by atoms with Gasteiger partial charge in [0.25, 0.3) is 0 Å². The third kappa shape index (κ3) is 6.11. The summed E-state index contributed by atoms with van der Waals surface area (Å²) in [6.07, 6.45) is 5.47. The molecule has 0 spiro atoms. The van der Waals surface area contributed by atoms with Gasteiger partial charge in [0.1, 0.15) is 0 Å². The second-order valence-corrected chi connectivity index (χ2v) is 7.44. The van der Waals surface area contributed by atoms with Crippen LogP contribution >= 0.6 is 0 Å². The maximum atomic E-state index is 5.71. The van der Waals surface area contributed by atoms with Crippen LogP contribution < -0.4 is 5.32 Å². The van der Waals surface area contributed by atoms with Crippen LogP contribution in [0.2, 0.25) is 0 Å². The highest BCUT2D eigenvalue weighted by molar-refractivity contribution is 4.93. The summed E-state index contributed by atoms with van der Waals surface area (Å²) in [5, 5.41) is 3.76. The minimum absolute atomic E-state index is 0.334. The fraction of sp³-hybridized carbons (Fsp3) is 1.00. The van der Waals surface area contributed by atoms with Gasteiger partial charge in [-0.1, -0.05) is 20.8 Å². The van der Waals surface area contributed by atoms with Gasteiger partial charge in [0.05, 0.1) is 12.7 Å². The van der Waals surface area contributed by atoms with E-state index in [4.69, 9.17) is 4.74 Å². The molecule has 0 aromatic carbocycles. The molecule has 1 aliphatic carbocycles. The van der Waals surface area contributed by atoms with Crippen molar-refractivity contribution in [2.24, 2.45) is 5.41 Å². The number of rotatable bonds is 8. The maximum Gasteiger partial charge on any atom is 0.0596 e. The van der Waals surface area contributed by atoms with E-state index in [2.05, 4.69) is 51.9 Å². The van der Waals surface area contributed by atoms with Crippen LogP contribution in [0.1, 0.15) is 60.3 Å². The molecule has 0 aliphatic heterocycles. The van der Waals surface area contributed by atoms with Crippen LogP contribution in [-0.2, 0) is 4.74 Å². The van der Waals surface area contributed by atoms with Crippen molar-refractivity contribution < 1.29 is 4.74 Å². The van der Waals surface area contributed by atoms with Gasteiger partial charge in [-0.3, -0.25) is 4.90 Å². The average molecular weight is 284 g/mol. The maximum absolute atomic E-state index is 5.71.